The molecule has 0 amide bonds. The number of rotatable bonds is 7. The monoisotopic (exact) mass is 414 g/mol. The molecule has 2 rings (SSSR count). The van der Waals surface area contributed by atoms with E-state index in [-0.39, 0.29) is 12.2 Å². The van der Waals surface area contributed by atoms with Gasteiger partial charge in [0, 0.05) is 13.1 Å². The van der Waals surface area contributed by atoms with Crippen LogP contribution in [-0.2, 0) is 19.6 Å². The van der Waals surface area contributed by atoms with Crippen molar-refractivity contribution in [2.75, 3.05) is 13.7 Å². The zero-order valence-electron chi connectivity index (χ0n) is 14.8. The summed E-state index contributed by atoms with van der Waals surface area (Å²) < 4.78 is 58.3. The Morgan fingerprint density at radius 3 is 2.43 bits per heavy atom. The average Bonchev–Trinajstić information content (AvgIpc) is 2.65. The summed E-state index contributed by atoms with van der Waals surface area (Å²) in [5, 5.41) is 11.2. The molecule has 0 spiro atoms. The Hall–Kier alpha value is -2.92. The summed E-state index contributed by atoms with van der Waals surface area (Å²) in [7, 11) is -3.58. The maximum atomic E-state index is 13.7. The predicted octanol–water partition coefficient (Wildman–Crippen LogP) is 2.80. The molecule has 2 aromatic rings. The standard InChI is InChI=1S/C17H16F2N2O6S/c1-3-27-17(22)16(11-8-9-12(18)13(19)10-11)20(2)28(25,26)15-7-5-4-6-14(15)21(23)24/h4-10,16H,3H2,1-2H3/t16-/m1/s1. The first-order chi connectivity index (χ1) is 13.1. The smallest absolute Gasteiger partial charge is 0.329 e. The molecule has 2 aromatic carbocycles. The van der Waals surface area contributed by atoms with E-state index in [0.29, 0.717) is 10.4 Å². The van der Waals surface area contributed by atoms with Gasteiger partial charge in [0.2, 0.25) is 0 Å². The molecule has 28 heavy (non-hydrogen) atoms. The maximum Gasteiger partial charge on any atom is 0.329 e. The van der Waals surface area contributed by atoms with Gasteiger partial charge in [-0.25, -0.2) is 22.0 Å². The van der Waals surface area contributed by atoms with Gasteiger partial charge in [0.1, 0.15) is 6.04 Å². The summed E-state index contributed by atoms with van der Waals surface area (Å²) in [5.41, 5.74) is -0.885. The van der Waals surface area contributed by atoms with Crippen LogP contribution in [0.2, 0.25) is 0 Å². The lowest BCUT2D eigenvalue weighted by Gasteiger charge is -2.26. The quantitative estimate of drug-likeness (QED) is 0.392. The predicted molar refractivity (Wildman–Crippen MR) is 93.8 cm³/mol. The third-order valence-corrected chi connectivity index (χ3v) is 5.72. The van der Waals surface area contributed by atoms with Gasteiger partial charge in [0.05, 0.1) is 11.5 Å². The average molecular weight is 414 g/mol. The molecule has 11 heteroatoms. The summed E-state index contributed by atoms with van der Waals surface area (Å²) in [6.45, 7) is 1.38. The lowest BCUT2D eigenvalue weighted by Crippen LogP contribution is -2.37. The number of nitrogens with zero attached hydrogens (tertiary/aromatic N) is 2. The number of hydrogen-bond acceptors (Lipinski definition) is 6. The number of ether oxygens (including phenoxy) is 1. The fraction of sp³-hybridized carbons (Fsp3) is 0.235. The Morgan fingerprint density at radius 2 is 1.86 bits per heavy atom. The molecule has 0 bridgehead atoms. The number of nitro groups is 1. The highest BCUT2D eigenvalue weighted by Crippen LogP contribution is 2.32. The van der Waals surface area contributed by atoms with Gasteiger partial charge in [-0.3, -0.25) is 10.1 Å². The van der Waals surface area contributed by atoms with E-state index in [9.17, 15) is 32.1 Å². The number of esters is 1. The maximum absolute atomic E-state index is 13.7. The summed E-state index contributed by atoms with van der Waals surface area (Å²) in [4.78, 5) is 22.1. The Morgan fingerprint density at radius 1 is 1.21 bits per heavy atom. The molecular formula is C17H16F2N2O6S. The number of likely N-dealkylation sites (N-methyl/N-ethyl adjacent to an activating group) is 1. The zero-order valence-corrected chi connectivity index (χ0v) is 15.7. The van der Waals surface area contributed by atoms with Gasteiger partial charge in [-0.15, -0.1) is 0 Å². The van der Waals surface area contributed by atoms with Crippen LogP contribution in [0.3, 0.4) is 0 Å². The first-order valence-corrected chi connectivity index (χ1v) is 9.38. The van der Waals surface area contributed by atoms with Crippen LogP contribution in [0.25, 0.3) is 0 Å². The fourth-order valence-corrected chi connectivity index (χ4v) is 3.97. The molecule has 0 aliphatic carbocycles. The van der Waals surface area contributed by atoms with E-state index in [4.69, 9.17) is 4.74 Å². The second-order valence-electron chi connectivity index (χ2n) is 5.57. The molecule has 0 N–H and O–H groups in total. The highest BCUT2D eigenvalue weighted by atomic mass is 32.2. The lowest BCUT2D eigenvalue weighted by atomic mass is 10.1. The van der Waals surface area contributed by atoms with Crippen LogP contribution >= 0.6 is 0 Å². The Bertz CT molecular complexity index is 1010. The fourth-order valence-electron chi connectivity index (χ4n) is 2.52. The van der Waals surface area contributed by atoms with E-state index in [1.165, 1.54) is 19.1 Å². The Labute approximate surface area is 159 Å². The number of para-hydroxylation sites is 1. The third kappa shape index (κ3) is 4.15. The molecule has 0 aromatic heterocycles. The van der Waals surface area contributed by atoms with E-state index < -0.39 is 49.2 Å². The van der Waals surface area contributed by atoms with Gasteiger partial charge >= 0.3 is 5.97 Å². The Kier molecular flexibility index (Phi) is 6.41. The van der Waals surface area contributed by atoms with Crippen molar-refractivity contribution in [3.8, 4) is 0 Å². The normalized spacial score (nSPS) is 12.6. The molecular weight excluding hydrogens is 398 g/mol. The SMILES string of the molecule is CCOC(=O)[C@@H](c1ccc(F)c(F)c1)N(C)S(=O)(=O)c1ccccc1[N+](=O)[O-]. The largest absolute Gasteiger partial charge is 0.465 e. The molecule has 0 saturated heterocycles. The number of carbonyl (C=O) groups is 1. The second kappa shape index (κ2) is 8.40. The zero-order chi connectivity index (χ0) is 21.1. The van der Waals surface area contributed by atoms with Crippen LogP contribution in [0.1, 0.15) is 18.5 Å². The lowest BCUT2D eigenvalue weighted by molar-refractivity contribution is -0.387. The van der Waals surface area contributed by atoms with Crippen molar-refractivity contribution < 1.29 is 31.7 Å². The van der Waals surface area contributed by atoms with Crippen LogP contribution in [0.4, 0.5) is 14.5 Å². The molecule has 0 fully saturated rings. The number of nitro benzene ring substituents is 1. The molecule has 1 atom stereocenters. The second-order valence-corrected chi connectivity index (χ2v) is 7.54. The van der Waals surface area contributed by atoms with E-state index >= 15 is 0 Å². The van der Waals surface area contributed by atoms with Crippen molar-refractivity contribution in [2.24, 2.45) is 0 Å². The number of benzene rings is 2. The van der Waals surface area contributed by atoms with Gasteiger partial charge < -0.3 is 4.74 Å². The molecule has 0 heterocycles. The minimum Gasteiger partial charge on any atom is -0.465 e. The molecule has 0 saturated carbocycles. The molecule has 0 unspecified atom stereocenters. The van der Waals surface area contributed by atoms with Crippen molar-refractivity contribution >= 4 is 21.7 Å². The van der Waals surface area contributed by atoms with Gasteiger partial charge in [-0.05, 0) is 30.7 Å². The summed E-state index contributed by atoms with van der Waals surface area (Å²) in [6.07, 6.45) is 0. The van der Waals surface area contributed by atoms with E-state index in [1.807, 2.05) is 0 Å². The Balaban J connectivity index is 2.61. The van der Waals surface area contributed by atoms with Gasteiger partial charge in [0.25, 0.3) is 15.7 Å². The van der Waals surface area contributed by atoms with E-state index in [0.717, 1.165) is 31.3 Å². The first-order valence-electron chi connectivity index (χ1n) is 7.94. The number of halogens is 2. The molecule has 0 aliphatic heterocycles. The van der Waals surface area contributed by atoms with Crippen LogP contribution in [-0.4, -0.2) is 37.3 Å². The highest BCUT2D eigenvalue weighted by molar-refractivity contribution is 7.89. The minimum atomic E-state index is -4.57. The van der Waals surface area contributed by atoms with E-state index in [2.05, 4.69) is 0 Å². The minimum absolute atomic E-state index is 0.0988. The van der Waals surface area contributed by atoms with Crippen molar-refractivity contribution in [1.29, 1.82) is 0 Å². The van der Waals surface area contributed by atoms with E-state index in [1.54, 1.807) is 0 Å². The van der Waals surface area contributed by atoms with Crippen molar-refractivity contribution in [3.05, 3.63) is 69.8 Å². The van der Waals surface area contributed by atoms with Crippen LogP contribution in [0, 0.1) is 21.7 Å². The topological polar surface area (TPSA) is 107 Å². The van der Waals surface area contributed by atoms with Crippen LogP contribution in [0.5, 0.6) is 0 Å². The van der Waals surface area contributed by atoms with Gasteiger partial charge in [-0.2, -0.15) is 4.31 Å². The number of sulfonamides is 1. The van der Waals surface area contributed by atoms with Crippen molar-refractivity contribution in [3.63, 3.8) is 0 Å². The molecule has 0 aliphatic rings. The van der Waals surface area contributed by atoms with Gasteiger partial charge in [0.15, 0.2) is 16.5 Å². The molecule has 8 nitrogen and oxygen atoms in total. The highest BCUT2D eigenvalue weighted by Gasteiger charge is 2.38. The summed E-state index contributed by atoms with van der Waals surface area (Å²) in [6, 6.07) is 5.34. The number of carbonyl (C=O) groups excluding carboxylic acids is 1. The van der Waals surface area contributed by atoms with Crippen molar-refractivity contribution in [1.82, 2.24) is 4.31 Å². The van der Waals surface area contributed by atoms with Crippen LogP contribution < -0.4 is 0 Å². The first kappa shape index (κ1) is 21.4. The van der Waals surface area contributed by atoms with Crippen LogP contribution in [0.15, 0.2) is 47.4 Å². The molecule has 150 valence electrons. The molecule has 0 radical (unpaired) electrons. The van der Waals surface area contributed by atoms with Crippen molar-refractivity contribution in [2.45, 2.75) is 17.9 Å². The summed E-state index contributed by atoms with van der Waals surface area (Å²) >= 11 is 0. The summed E-state index contributed by atoms with van der Waals surface area (Å²) in [5.74, 6) is -3.52. The third-order valence-electron chi connectivity index (χ3n) is 3.85. The number of hydrogen-bond donors (Lipinski definition) is 0. The van der Waals surface area contributed by atoms with Gasteiger partial charge in [-0.1, -0.05) is 18.2 Å².